The molecular formula is C14H23N3O3. The van der Waals surface area contributed by atoms with Gasteiger partial charge in [-0.15, -0.1) is 0 Å². The third-order valence-electron chi connectivity index (χ3n) is 3.82. The third kappa shape index (κ3) is 3.19. The van der Waals surface area contributed by atoms with Crippen molar-refractivity contribution in [3.63, 3.8) is 0 Å². The number of aryl methyl sites for hydroxylation is 2. The number of piperazine rings is 1. The van der Waals surface area contributed by atoms with E-state index in [-0.39, 0.29) is 5.91 Å². The number of hydrogen-bond acceptors (Lipinski definition) is 5. The Morgan fingerprint density at radius 3 is 2.60 bits per heavy atom. The number of nitrogens with zero attached hydrogens (tertiary/aromatic N) is 3. The molecule has 1 unspecified atom stereocenters. The van der Waals surface area contributed by atoms with Crippen LogP contribution in [0.4, 0.5) is 0 Å². The summed E-state index contributed by atoms with van der Waals surface area (Å²) in [5.74, 6) is 0.699. The second-order valence-electron chi connectivity index (χ2n) is 5.29. The van der Waals surface area contributed by atoms with E-state index in [1.807, 2.05) is 6.92 Å². The Bertz CT molecular complexity index is 462. The highest BCUT2D eigenvalue weighted by atomic mass is 16.5. The van der Waals surface area contributed by atoms with Crippen molar-refractivity contribution < 1.29 is 14.4 Å². The van der Waals surface area contributed by atoms with Crippen LogP contribution in [0.25, 0.3) is 0 Å². The summed E-state index contributed by atoms with van der Waals surface area (Å²) in [5.41, 5.74) is 2.19. The summed E-state index contributed by atoms with van der Waals surface area (Å²) in [7, 11) is 0. The van der Waals surface area contributed by atoms with Gasteiger partial charge in [0, 0.05) is 38.3 Å². The molecule has 1 aliphatic heterocycles. The highest BCUT2D eigenvalue weighted by molar-refractivity contribution is 5.80. The van der Waals surface area contributed by atoms with Crippen LogP contribution in [0.5, 0.6) is 0 Å². The largest absolute Gasteiger partial charge is 0.384 e. The first-order chi connectivity index (χ1) is 9.52. The summed E-state index contributed by atoms with van der Waals surface area (Å²) in [5, 5.41) is 13.4. The van der Waals surface area contributed by atoms with Crippen LogP contribution in [0.3, 0.4) is 0 Å². The lowest BCUT2D eigenvalue weighted by atomic mass is 10.1. The molecule has 0 saturated carbocycles. The Kier molecular flexibility index (Phi) is 4.77. The molecule has 2 rings (SSSR count). The summed E-state index contributed by atoms with van der Waals surface area (Å²) in [6, 6.07) is 0. The summed E-state index contributed by atoms with van der Waals surface area (Å²) in [6.45, 7) is 9.29. The van der Waals surface area contributed by atoms with Crippen molar-refractivity contribution in [3.05, 3.63) is 17.0 Å². The quantitative estimate of drug-likeness (QED) is 0.874. The average molecular weight is 281 g/mol. The number of amides is 1. The summed E-state index contributed by atoms with van der Waals surface area (Å²) < 4.78 is 5.24. The van der Waals surface area contributed by atoms with Gasteiger partial charge in [-0.1, -0.05) is 12.1 Å². The number of hydrogen-bond donors (Lipinski definition) is 1. The molecule has 1 aliphatic rings. The standard InChI is InChI=1S/C14H23N3O3/c1-4-13-12(11(3)20-15-13)9-16-5-7-17(8-6-16)14(19)10(2)18/h10,18H,4-9H2,1-3H3. The highest BCUT2D eigenvalue weighted by Gasteiger charge is 2.25. The fraction of sp³-hybridized carbons (Fsp3) is 0.714. The molecule has 20 heavy (non-hydrogen) atoms. The van der Waals surface area contributed by atoms with E-state index in [1.165, 1.54) is 12.5 Å². The number of carbonyl (C=O) groups excluding carboxylic acids is 1. The van der Waals surface area contributed by atoms with E-state index < -0.39 is 6.10 Å². The first kappa shape index (κ1) is 15.0. The second kappa shape index (κ2) is 6.37. The number of aliphatic hydroxyl groups is 1. The van der Waals surface area contributed by atoms with E-state index in [1.54, 1.807) is 4.90 Å². The molecule has 1 atom stereocenters. The highest BCUT2D eigenvalue weighted by Crippen LogP contribution is 2.17. The zero-order chi connectivity index (χ0) is 14.7. The van der Waals surface area contributed by atoms with Crippen molar-refractivity contribution in [2.24, 2.45) is 0 Å². The van der Waals surface area contributed by atoms with Gasteiger partial charge in [-0.05, 0) is 20.3 Å². The molecule has 1 saturated heterocycles. The third-order valence-corrected chi connectivity index (χ3v) is 3.82. The summed E-state index contributed by atoms with van der Waals surface area (Å²) in [6.07, 6.45) is -0.0405. The van der Waals surface area contributed by atoms with Gasteiger partial charge >= 0.3 is 0 Å². The van der Waals surface area contributed by atoms with E-state index in [4.69, 9.17) is 4.52 Å². The monoisotopic (exact) mass is 281 g/mol. The minimum atomic E-state index is -0.909. The smallest absolute Gasteiger partial charge is 0.251 e. The van der Waals surface area contributed by atoms with Crippen LogP contribution in [0.1, 0.15) is 30.9 Å². The van der Waals surface area contributed by atoms with Gasteiger partial charge in [0.1, 0.15) is 11.9 Å². The van der Waals surface area contributed by atoms with Crippen molar-refractivity contribution in [1.29, 1.82) is 0 Å². The Labute approximate surface area is 119 Å². The maximum absolute atomic E-state index is 11.7. The van der Waals surface area contributed by atoms with Crippen LogP contribution in [-0.2, 0) is 17.8 Å². The van der Waals surface area contributed by atoms with Crippen LogP contribution in [0.15, 0.2) is 4.52 Å². The summed E-state index contributed by atoms with van der Waals surface area (Å²) >= 11 is 0. The molecule has 1 fully saturated rings. The van der Waals surface area contributed by atoms with E-state index in [9.17, 15) is 9.90 Å². The zero-order valence-corrected chi connectivity index (χ0v) is 12.4. The van der Waals surface area contributed by atoms with Crippen molar-refractivity contribution in [3.8, 4) is 0 Å². The minimum absolute atomic E-state index is 0.181. The second-order valence-corrected chi connectivity index (χ2v) is 5.29. The lowest BCUT2D eigenvalue weighted by Gasteiger charge is -2.35. The minimum Gasteiger partial charge on any atom is -0.384 e. The van der Waals surface area contributed by atoms with Crippen LogP contribution in [0, 0.1) is 6.92 Å². The predicted octanol–water partition coefficient (Wildman–Crippen LogP) is 0.570. The molecule has 2 heterocycles. The number of aliphatic hydroxyl groups excluding tert-OH is 1. The van der Waals surface area contributed by atoms with Crippen molar-refractivity contribution in [2.45, 2.75) is 39.8 Å². The molecule has 1 N–H and O–H groups in total. The summed E-state index contributed by atoms with van der Waals surface area (Å²) in [4.78, 5) is 15.7. The first-order valence-corrected chi connectivity index (χ1v) is 7.16. The van der Waals surface area contributed by atoms with Crippen molar-refractivity contribution in [2.75, 3.05) is 26.2 Å². The van der Waals surface area contributed by atoms with Gasteiger partial charge in [-0.3, -0.25) is 9.69 Å². The maximum atomic E-state index is 11.7. The number of aromatic nitrogens is 1. The molecular weight excluding hydrogens is 258 g/mol. The fourth-order valence-electron chi connectivity index (χ4n) is 2.53. The lowest BCUT2D eigenvalue weighted by molar-refractivity contribution is -0.141. The van der Waals surface area contributed by atoms with Crippen LogP contribution in [0.2, 0.25) is 0 Å². The molecule has 1 aromatic rings. The molecule has 6 nitrogen and oxygen atoms in total. The molecule has 0 bridgehead atoms. The Morgan fingerprint density at radius 1 is 1.40 bits per heavy atom. The molecule has 0 aliphatic carbocycles. The van der Waals surface area contributed by atoms with Gasteiger partial charge in [0.2, 0.25) is 0 Å². The van der Waals surface area contributed by atoms with E-state index in [0.717, 1.165) is 37.5 Å². The number of rotatable bonds is 4. The van der Waals surface area contributed by atoms with Gasteiger partial charge in [0.05, 0.1) is 5.69 Å². The van der Waals surface area contributed by atoms with E-state index >= 15 is 0 Å². The average Bonchev–Trinajstić information content (AvgIpc) is 2.79. The van der Waals surface area contributed by atoms with E-state index in [0.29, 0.717) is 13.1 Å². The first-order valence-electron chi connectivity index (χ1n) is 7.16. The fourth-order valence-corrected chi connectivity index (χ4v) is 2.53. The van der Waals surface area contributed by atoms with Crippen LogP contribution >= 0.6 is 0 Å². The van der Waals surface area contributed by atoms with Crippen LogP contribution < -0.4 is 0 Å². The Morgan fingerprint density at radius 2 is 2.05 bits per heavy atom. The van der Waals surface area contributed by atoms with E-state index in [2.05, 4.69) is 17.0 Å². The van der Waals surface area contributed by atoms with Crippen LogP contribution in [-0.4, -0.2) is 58.3 Å². The van der Waals surface area contributed by atoms with Crippen molar-refractivity contribution >= 4 is 5.91 Å². The van der Waals surface area contributed by atoms with Gasteiger partial charge in [0.25, 0.3) is 5.91 Å². The molecule has 0 radical (unpaired) electrons. The number of carbonyl (C=O) groups is 1. The topological polar surface area (TPSA) is 69.8 Å². The van der Waals surface area contributed by atoms with Crippen molar-refractivity contribution in [1.82, 2.24) is 15.0 Å². The van der Waals surface area contributed by atoms with Gasteiger partial charge < -0.3 is 14.5 Å². The maximum Gasteiger partial charge on any atom is 0.251 e. The molecule has 0 aromatic carbocycles. The molecule has 1 aromatic heterocycles. The molecule has 0 spiro atoms. The SMILES string of the molecule is CCc1noc(C)c1CN1CCN(C(=O)C(C)O)CC1. The predicted molar refractivity (Wildman–Crippen MR) is 74.2 cm³/mol. The van der Waals surface area contributed by atoms with Gasteiger partial charge in [0.15, 0.2) is 0 Å². The molecule has 6 heteroatoms. The van der Waals surface area contributed by atoms with Gasteiger partial charge in [-0.25, -0.2) is 0 Å². The lowest BCUT2D eigenvalue weighted by Crippen LogP contribution is -2.50. The Hall–Kier alpha value is -1.40. The normalized spacial score (nSPS) is 18.3. The molecule has 112 valence electrons. The Balaban J connectivity index is 1.91. The molecule has 1 amide bonds. The zero-order valence-electron chi connectivity index (χ0n) is 12.4. The van der Waals surface area contributed by atoms with Gasteiger partial charge in [-0.2, -0.15) is 0 Å².